The summed E-state index contributed by atoms with van der Waals surface area (Å²) in [7, 11) is 0. The van der Waals surface area contributed by atoms with Crippen LogP contribution in [0.5, 0.6) is 11.5 Å². The molecule has 0 saturated heterocycles. The summed E-state index contributed by atoms with van der Waals surface area (Å²) in [5.74, 6) is 3.10. The van der Waals surface area contributed by atoms with Crippen LogP contribution in [-0.4, -0.2) is 19.1 Å². The van der Waals surface area contributed by atoms with Gasteiger partial charge in [-0.3, -0.25) is 4.57 Å². The third kappa shape index (κ3) is 6.12. The number of nitrogens with zero attached hydrogens (tertiary/aromatic N) is 5. The van der Waals surface area contributed by atoms with E-state index >= 15 is 0 Å². The van der Waals surface area contributed by atoms with Gasteiger partial charge in [0, 0.05) is 51.1 Å². The molecule has 4 aromatic heterocycles. The van der Waals surface area contributed by atoms with Gasteiger partial charge in [-0.05, 0) is 64.6 Å². The Morgan fingerprint density at radius 1 is 0.492 bits per heavy atom. The smallest absolute Gasteiger partial charge is 0.256 e. The molecule has 0 saturated carbocycles. The summed E-state index contributed by atoms with van der Waals surface area (Å²) < 4.78 is 13.8. The minimum absolute atomic E-state index is 0.161. The second-order valence-corrected chi connectivity index (χ2v) is 18.2. The maximum Gasteiger partial charge on any atom is 0.256 e. The average molecular weight is 793 g/mol. The van der Waals surface area contributed by atoms with E-state index in [1.807, 2.05) is 0 Å². The van der Waals surface area contributed by atoms with Crippen molar-refractivity contribution in [2.75, 3.05) is 0 Å². The first-order valence-corrected chi connectivity index (χ1v) is 21.1. The fraction of sp³-hybridized carbons (Fsp3) is 0.145. The van der Waals surface area contributed by atoms with E-state index in [2.05, 4.69) is 225 Å². The van der Waals surface area contributed by atoms with Crippen molar-refractivity contribution in [1.29, 1.82) is 0 Å². The molecule has 0 amide bonds. The van der Waals surface area contributed by atoms with Crippen molar-refractivity contribution in [1.82, 2.24) is 19.1 Å². The molecule has 6 heteroatoms. The van der Waals surface area contributed by atoms with E-state index < -0.39 is 0 Å². The lowest BCUT2D eigenvalue weighted by molar-refractivity contribution is -0.566. The van der Waals surface area contributed by atoms with Gasteiger partial charge < -0.3 is 4.74 Å². The Bertz CT molecular complexity index is 3360. The molecule has 6 nitrogen and oxygen atoms in total. The highest BCUT2D eigenvalue weighted by Gasteiger charge is 2.29. The van der Waals surface area contributed by atoms with E-state index in [4.69, 9.17) is 14.7 Å². The third-order valence-corrected chi connectivity index (χ3v) is 12.1. The number of fused-ring (bicyclic) bond motifs is 20. The van der Waals surface area contributed by atoms with E-state index in [1.165, 1.54) is 5.56 Å². The van der Waals surface area contributed by atoms with Gasteiger partial charge in [-0.1, -0.05) is 145 Å². The van der Waals surface area contributed by atoms with Gasteiger partial charge in [-0.25, -0.2) is 9.97 Å². The van der Waals surface area contributed by atoms with Crippen molar-refractivity contribution >= 4 is 32.8 Å². The molecule has 296 valence electrons. The summed E-state index contributed by atoms with van der Waals surface area (Å²) >= 11 is 0. The molecule has 11 rings (SSSR count). The highest BCUT2D eigenvalue weighted by atomic mass is 16.5. The van der Waals surface area contributed by atoms with Crippen molar-refractivity contribution < 1.29 is 9.30 Å². The molecule has 1 aliphatic heterocycles. The number of hydrogen-bond donors (Lipinski definition) is 0. The monoisotopic (exact) mass is 792 g/mol. The minimum Gasteiger partial charge on any atom is -0.457 e. The van der Waals surface area contributed by atoms with Crippen LogP contribution in [0.1, 0.15) is 52.8 Å². The summed E-state index contributed by atoms with van der Waals surface area (Å²) in [4.78, 5) is 11.0. The maximum atomic E-state index is 6.94. The molecule has 0 fully saturated rings. The Labute approximate surface area is 356 Å². The molecule has 1 aliphatic rings. The van der Waals surface area contributed by atoms with Gasteiger partial charge in [0.2, 0.25) is 5.82 Å². The van der Waals surface area contributed by atoms with E-state index in [0.29, 0.717) is 0 Å². The van der Waals surface area contributed by atoms with Crippen molar-refractivity contribution in [3.8, 4) is 62.3 Å². The van der Waals surface area contributed by atoms with Crippen LogP contribution >= 0.6 is 0 Å². The Balaban J connectivity index is 1.32. The van der Waals surface area contributed by atoms with Crippen molar-refractivity contribution in [2.45, 2.75) is 52.4 Å². The molecule has 10 aromatic rings. The molecule has 0 N–H and O–H groups in total. The zero-order valence-corrected chi connectivity index (χ0v) is 35.3. The molecule has 5 heterocycles. The number of imidazole rings is 1. The lowest BCUT2D eigenvalue weighted by atomic mass is 9.85. The van der Waals surface area contributed by atoms with Crippen LogP contribution in [0.2, 0.25) is 0 Å². The van der Waals surface area contributed by atoms with E-state index in [-0.39, 0.29) is 10.8 Å². The van der Waals surface area contributed by atoms with Crippen LogP contribution in [0.4, 0.5) is 0 Å². The van der Waals surface area contributed by atoms with Crippen LogP contribution in [0.25, 0.3) is 83.7 Å². The highest BCUT2D eigenvalue weighted by Crippen LogP contribution is 2.42. The molecule has 0 atom stereocenters. The topological polar surface area (TPSA) is 48.8 Å². The number of para-hydroxylation sites is 4. The van der Waals surface area contributed by atoms with Crippen LogP contribution in [0.3, 0.4) is 0 Å². The Kier molecular flexibility index (Phi) is 8.20. The summed E-state index contributed by atoms with van der Waals surface area (Å²) in [6, 6.07) is 58.4. The number of ether oxygens (including phenoxy) is 1. The zero-order valence-electron chi connectivity index (χ0n) is 35.3. The standard InChI is InChI=1S/C55H46N5O/c1-54(2,3)36-29-45-41-20-11-10-19-40(41)44-23-16-22-39(35-17-8-7-9-18-35)53(44)59-34-58(47-25-14-15-26-48(47)59)51-33-38(32-50(57-51)55(4,5)6)61-37-27-28-43-42-21-12-13-24-46(42)60(49(43)31-37)52(30-36)56-45/h7-34H,1-6H3/q+1. The number of aromatic nitrogens is 5. The first-order valence-electron chi connectivity index (χ1n) is 21.1. The number of benzene rings is 6. The quantitative estimate of drug-likeness (QED) is 0.156. The van der Waals surface area contributed by atoms with Crippen LogP contribution in [0.15, 0.2) is 170 Å². The minimum atomic E-state index is -0.251. The van der Waals surface area contributed by atoms with Gasteiger partial charge in [0.1, 0.15) is 23.0 Å². The number of hydrogen-bond acceptors (Lipinski definition) is 3. The lowest BCUT2D eigenvalue weighted by Gasteiger charge is -2.23. The first-order chi connectivity index (χ1) is 29.5. The summed E-state index contributed by atoms with van der Waals surface area (Å²) in [6.07, 6.45) is 2.20. The van der Waals surface area contributed by atoms with E-state index in [9.17, 15) is 0 Å². The van der Waals surface area contributed by atoms with Crippen molar-refractivity contribution in [2.24, 2.45) is 0 Å². The molecule has 6 aromatic carbocycles. The van der Waals surface area contributed by atoms with Gasteiger partial charge in [0.05, 0.1) is 22.4 Å². The van der Waals surface area contributed by atoms with E-state index in [1.54, 1.807) is 0 Å². The first kappa shape index (κ1) is 36.7. The van der Waals surface area contributed by atoms with Crippen molar-refractivity contribution in [3.05, 3.63) is 181 Å². The highest BCUT2D eigenvalue weighted by molar-refractivity contribution is 6.09. The number of pyridine rings is 2. The molecule has 8 bridgehead atoms. The number of rotatable bonds is 1. The van der Waals surface area contributed by atoms with Gasteiger partial charge in [-0.15, -0.1) is 0 Å². The SMILES string of the molecule is CC(C)(C)c1cc2nc(c1)-n1c3ccccc3c3ccc(cc31)Oc1cc(nc(C(C)(C)C)c1)-n1c[n+](c3ccccc31)-c1c(-c3ccccc3)cccc1-c1ccccc1-2. The van der Waals surface area contributed by atoms with Gasteiger partial charge >= 0.3 is 0 Å². The predicted octanol–water partition coefficient (Wildman–Crippen LogP) is 13.5. The second kappa shape index (κ2) is 13.6. The van der Waals surface area contributed by atoms with Crippen molar-refractivity contribution in [3.63, 3.8) is 0 Å². The Hall–Kier alpha value is -7.31. The largest absolute Gasteiger partial charge is 0.457 e. The predicted molar refractivity (Wildman–Crippen MR) is 249 cm³/mol. The van der Waals surface area contributed by atoms with Gasteiger partial charge in [0.25, 0.3) is 6.33 Å². The summed E-state index contributed by atoms with van der Waals surface area (Å²) in [6.45, 7) is 13.4. The Morgan fingerprint density at radius 3 is 1.98 bits per heavy atom. The molecule has 0 aliphatic carbocycles. The summed E-state index contributed by atoms with van der Waals surface area (Å²) in [5.41, 5.74) is 13.4. The fourth-order valence-corrected chi connectivity index (χ4v) is 8.94. The average Bonchev–Trinajstić information content (AvgIpc) is 3.81. The molecule has 0 radical (unpaired) electrons. The lowest BCUT2D eigenvalue weighted by Crippen LogP contribution is -2.31. The second-order valence-electron chi connectivity index (χ2n) is 18.2. The Morgan fingerprint density at radius 2 is 1.18 bits per heavy atom. The third-order valence-electron chi connectivity index (χ3n) is 12.1. The maximum absolute atomic E-state index is 6.94. The van der Waals surface area contributed by atoms with Gasteiger partial charge in [0.15, 0.2) is 11.0 Å². The molecule has 0 unspecified atom stereocenters. The van der Waals surface area contributed by atoms with Gasteiger partial charge in [-0.2, -0.15) is 9.13 Å². The normalized spacial score (nSPS) is 12.6. The molecular weight excluding hydrogens is 747 g/mol. The van der Waals surface area contributed by atoms with Crippen LogP contribution in [0, 0.1) is 0 Å². The fourth-order valence-electron chi connectivity index (χ4n) is 8.94. The van der Waals surface area contributed by atoms with E-state index in [0.717, 1.165) is 101 Å². The molecule has 0 spiro atoms. The zero-order chi connectivity index (χ0) is 41.6. The van der Waals surface area contributed by atoms with Crippen LogP contribution < -0.4 is 9.30 Å². The summed E-state index contributed by atoms with van der Waals surface area (Å²) in [5, 5.41) is 2.30. The molecular formula is C55H46N5O+. The van der Waals surface area contributed by atoms with Crippen LogP contribution in [-0.2, 0) is 10.8 Å². The molecule has 61 heavy (non-hydrogen) atoms.